The van der Waals surface area contributed by atoms with Gasteiger partial charge in [0.15, 0.2) is 11.2 Å². The van der Waals surface area contributed by atoms with Gasteiger partial charge in [-0.2, -0.15) is 10.1 Å². The summed E-state index contributed by atoms with van der Waals surface area (Å²) in [5.74, 6) is 0.869. The molecule has 0 amide bonds. The Kier molecular flexibility index (Phi) is 4.98. The minimum Gasteiger partial charge on any atom is -0.306 e. The number of fused-ring (bicyclic) bond motifs is 1. The average molecular weight is 368 g/mol. The standard InChI is InChI=1S/C19H24N6O2/c1-6-25-17(26)15-16(24(5)19(25)27)21-18(23(15)4)22-20-11-13-7-9-14(10-8-13)12(2)3/h7-12H,6H2,1-5H3,(H,21,22). The van der Waals surface area contributed by atoms with Gasteiger partial charge in [0.2, 0.25) is 5.95 Å². The van der Waals surface area contributed by atoms with Crippen molar-refractivity contribution in [2.75, 3.05) is 5.43 Å². The van der Waals surface area contributed by atoms with Crippen molar-refractivity contribution < 1.29 is 0 Å². The molecule has 0 aliphatic rings. The van der Waals surface area contributed by atoms with Gasteiger partial charge in [-0.1, -0.05) is 38.1 Å². The summed E-state index contributed by atoms with van der Waals surface area (Å²) in [6, 6.07) is 8.15. The van der Waals surface area contributed by atoms with E-state index in [2.05, 4.69) is 41.5 Å². The molecule has 0 saturated carbocycles. The molecule has 2 aromatic heterocycles. The van der Waals surface area contributed by atoms with Crippen molar-refractivity contribution in [3.63, 3.8) is 0 Å². The van der Waals surface area contributed by atoms with Gasteiger partial charge in [-0.3, -0.25) is 13.9 Å². The van der Waals surface area contributed by atoms with E-state index in [1.807, 2.05) is 12.1 Å². The lowest BCUT2D eigenvalue weighted by Gasteiger charge is -2.05. The maximum Gasteiger partial charge on any atom is 0.332 e. The molecule has 0 aliphatic carbocycles. The Hall–Kier alpha value is -3.16. The number of benzene rings is 1. The van der Waals surface area contributed by atoms with E-state index in [1.54, 1.807) is 31.8 Å². The molecule has 27 heavy (non-hydrogen) atoms. The second-order valence-electron chi connectivity index (χ2n) is 6.75. The molecule has 1 N–H and O–H groups in total. The first-order chi connectivity index (χ1) is 12.8. The molecule has 1 aromatic carbocycles. The number of aromatic nitrogens is 4. The van der Waals surface area contributed by atoms with Crippen LogP contribution in [-0.2, 0) is 20.6 Å². The Morgan fingerprint density at radius 1 is 1.15 bits per heavy atom. The lowest BCUT2D eigenvalue weighted by Crippen LogP contribution is -2.39. The fourth-order valence-corrected chi connectivity index (χ4v) is 2.95. The van der Waals surface area contributed by atoms with Crippen molar-refractivity contribution in [3.05, 3.63) is 56.2 Å². The van der Waals surface area contributed by atoms with Crippen molar-refractivity contribution >= 4 is 23.3 Å². The van der Waals surface area contributed by atoms with Crippen LogP contribution < -0.4 is 16.7 Å². The third-order valence-electron chi connectivity index (χ3n) is 4.66. The molecule has 0 saturated heterocycles. The first kappa shape index (κ1) is 18.6. The fourth-order valence-electron chi connectivity index (χ4n) is 2.95. The van der Waals surface area contributed by atoms with Crippen LogP contribution in [-0.4, -0.2) is 24.9 Å². The zero-order chi connectivity index (χ0) is 19.7. The monoisotopic (exact) mass is 368 g/mol. The van der Waals surface area contributed by atoms with Crippen LogP contribution in [0, 0.1) is 0 Å². The van der Waals surface area contributed by atoms with Crippen LogP contribution in [0.1, 0.15) is 37.8 Å². The van der Waals surface area contributed by atoms with E-state index in [-0.39, 0.29) is 11.2 Å². The highest BCUT2D eigenvalue weighted by atomic mass is 16.2. The Morgan fingerprint density at radius 3 is 2.41 bits per heavy atom. The molecule has 0 radical (unpaired) electrons. The maximum absolute atomic E-state index is 12.6. The fraction of sp³-hybridized carbons (Fsp3) is 0.368. The topological polar surface area (TPSA) is 86.2 Å². The summed E-state index contributed by atoms with van der Waals surface area (Å²) in [4.78, 5) is 29.2. The van der Waals surface area contributed by atoms with Crippen LogP contribution in [0.3, 0.4) is 0 Å². The average Bonchev–Trinajstić information content (AvgIpc) is 2.98. The van der Waals surface area contributed by atoms with Crippen LogP contribution >= 0.6 is 0 Å². The zero-order valence-corrected chi connectivity index (χ0v) is 16.2. The number of hydrazone groups is 1. The van der Waals surface area contributed by atoms with Gasteiger partial charge in [-0.25, -0.2) is 10.2 Å². The van der Waals surface area contributed by atoms with Gasteiger partial charge in [-0.05, 0) is 24.0 Å². The molecule has 2 heterocycles. The van der Waals surface area contributed by atoms with Gasteiger partial charge in [-0.15, -0.1) is 0 Å². The highest BCUT2D eigenvalue weighted by Crippen LogP contribution is 2.15. The summed E-state index contributed by atoms with van der Waals surface area (Å²) in [6.07, 6.45) is 1.69. The lowest BCUT2D eigenvalue weighted by atomic mass is 10.0. The molecule has 0 bridgehead atoms. The zero-order valence-electron chi connectivity index (χ0n) is 16.2. The van der Waals surface area contributed by atoms with Crippen LogP contribution in [0.4, 0.5) is 5.95 Å². The Balaban J connectivity index is 1.93. The maximum atomic E-state index is 12.6. The first-order valence-corrected chi connectivity index (χ1v) is 8.90. The number of anilines is 1. The number of hydrogen-bond acceptors (Lipinski definition) is 5. The van der Waals surface area contributed by atoms with Crippen molar-refractivity contribution in [2.24, 2.45) is 19.2 Å². The molecule has 8 nitrogen and oxygen atoms in total. The van der Waals surface area contributed by atoms with E-state index >= 15 is 0 Å². The molecule has 0 unspecified atom stereocenters. The van der Waals surface area contributed by atoms with E-state index in [0.29, 0.717) is 29.6 Å². The van der Waals surface area contributed by atoms with E-state index in [0.717, 1.165) is 5.56 Å². The van der Waals surface area contributed by atoms with Crippen LogP contribution in [0.2, 0.25) is 0 Å². The van der Waals surface area contributed by atoms with Crippen LogP contribution in [0.5, 0.6) is 0 Å². The van der Waals surface area contributed by atoms with Crippen LogP contribution in [0.15, 0.2) is 39.0 Å². The first-order valence-electron chi connectivity index (χ1n) is 8.90. The summed E-state index contributed by atoms with van der Waals surface area (Å²) in [6.45, 7) is 6.37. The van der Waals surface area contributed by atoms with Gasteiger partial charge in [0, 0.05) is 20.6 Å². The molecular formula is C19H24N6O2. The highest BCUT2D eigenvalue weighted by Gasteiger charge is 2.17. The number of rotatable bonds is 5. The minimum absolute atomic E-state index is 0.305. The van der Waals surface area contributed by atoms with Crippen molar-refractivity contribution in [3.8, 4) is 0 Å². The summed E-state index contributed by atoms with van der Waals surface area (Å²) in [5.41, 5.74) is 5.03. The predicted octanol–water partition coefficient (Wildman–Crippen LogP) is 2.02. The molecule has 0 spiro atoms. The van der Waals surface area contributed by atoms with Gasteiger partial charge in [0.25, 0.3) is 5.56 Å². The summed E-state index contributed by atoms with van der Waals surface area (Å²) < 4.78 is 4.18. The van der Waals surface area contributed by atoms with Crippen molar-refractivity contribution in [1.82, 2.24) is 18.7 Å². The number of hydrogen-bond donors (Lipinski definition) is 1. The quantitative estimate of drug-likeness (QED) is 0.551. The smallest absolute Gasteiger partial charge is 0.306 e. The molecule has 3 rings (SSSR count). The highest BCUT2D eigenvalue weighted by molar-refractivity contribution is 5.80. The number of nitrogens with zero attached hydrogens (tertiary/aromatic N) is 5. The molecule has 8 heteroatoms. The van der Waals surface area contributed by atoms with Gasteiger partial charge in [0.1, 0.15) is 0 Å². The van der Waals surface area contributed by atoms with Gasteiger partial charge in [0.05, 0.1) is 6.21 Å². The third-order valence-corrected chi connectivity index (χ3v) is 4.66. The lowest BCUT2D eigenvalue weighted by molar-refractivity contribution is 0.635. The SMILES string of the molecule is CCn1c(=O)c2c(nc(NN=Cc3ccc(C(C)C)cc3)n2C)n(C)c1=O. The molecule has 3 aromatic rings. The minimum atomic E-state index is -0.381. The Labute approximate surface area is 156 Å². The van der Waals surface area contributed by atoms with Gasteiger partial charge < -0.3 is 4.57 Å². The van der Waals surface area contributed by atoms with E-state index in [4.69, 9.17) is 0 Å². The number of aryl methyl sites for hydroxylation is 2. The molecule has 142 valence electrons. The third kappa shape index (κ3) is 3.30. The summed E-state index contributed by atoms with van der Waals surface area (Å²) in [7, 11) is 3.32. The predicted molar refractivity (Wildman–Crippen MR) is 108 cm³/mol. The second kappa shape index (κ2) is 7.22. The van der Waals surface area contributed by atoms with E-state index in [9.17, 15) is 9.59 Å². The van der Waals surface area contributed by atoms with Crippen LogP contribution in [0.25, 0.3) is 11.2 Å². The normalized spacial score (nSPS) is 11.8. The summed E-state index contributed by atoms with van der Waals surface area (Å²) in [5, 5.41) is 4.21. The van der Waals surface area contributed by atoms with E-state index < -0.39 is 0 Å². The second-order valence-corrected chi connectivity index (χ2v) is 6.75. The van der Waals surface area contributed by atoms with Crippen molar-refractivity contribution in [2.45, 2.75) is 33.2 Å². The molecule has 0 aliphatic heterocycles. The largest absolute Gasteiger partial charge is 0.332 e. The molecular weight excluding hydrogens is 344 g/mol. The Bertz CT molecular complexity index is 1120. The summed E-state index contributed by atoms with van der Waals surface area (Å²) >= 11 is 0. The number of imidazole rings is 1. The van der Waals surface area contributed by atoms with Gasteiger partial charge >= 0.3 is 5.69 Å². The number of nitrogens with one attached hydrogen (secondary N) is 1. The molecule has 0 atom stereocenters. The Morgan fingerprint density at radius 2 is 1.81 bits per heavy atom. The molecule has 0 fully saturated rings. The van der Waals surface area contributed by atoms with Crippen molar-refractivity contribution in [1.29, 1.82) is 0 Å². The van der Waals surface area contributed by atoms with E-state index in [1.165, 1.54) is 14.7 Å².